The number of carbonyl (C=O) groups is 2. The monoisotopic (exact) mass is 281 g/mol. The van der Waals surface area contributed by atoms with E-state index in [4.69, 9.17) is 15.6 Å². The Morgan fingerprint density at radius 3 is 2.75 bits per heavy atom. The van der Waals surface area contributed by atoms with Gasteiger partial charge in [0.15, 0.2) is 0 Å². The van der Waals surface area contributed by atoms with Crippen molar-refractivity contribution >= 4 is 23.3 Å². The summed E-state index contributed by atoms with van der Waals surface area (Å²) in [7, 11) is 1.56. The normalized spacial score (nSPS) is 10.1. The number of anilines is 2. The lowest BCUT2D eigenvalue weighted by Gasteiger charge is -2.10. The summed E-state index contributed by atoms with van der Waals surface area (Å²) in [6, 6.07) is 4.48. The van der Waals surface area contributed by atoms with Gasteiger partial charge in [0.05, 0.1) is 17.9 Å². The number of nitrogen functional groups attached to an aromatic ring is 1. The Labute approximate surface area is 117 Å². The van der Waals surface area contributed by atoms with Gasteiger partial charge in [0.1, 0.15) is 0 Å². The fourth-order valence-corrected chi connectivity index (χ4v) is 1.59. The van der Waals surface area contributed by atoms with Crippen molar-refractivity contribution in [1.82, 2.24) is 5.32 Å². The number of rotatable bonds is 8. The summed E-state index contributed by atoms with van der Waals surface area (Å²) in [5.41, 5.74) is 6.60. The van der Waals surface area contributed by atoms with Gasteiger partial charge in [-0.25, -0.2) is 4.79 Å². The molecule has 0 heterocycles. The Morgan fingerprint density at radius 1 is 1.35 bits per heavy atom. The highest BCUT2D eigenvalue weighted by molar-refractivity contribution is 5.95. The van der Waals surface area contributed by atoms with Crippen LogP contribution in [0.2, 0.25) is 0 Å². The number of carbonyl (C=O) groups excluding carboxylic acids is 1. The molecule has 1 amide bonds. The molecule has 0 radical (unpaired) electrons. The summed E-state index contributed by atoms with van der Waals surface area (Å²) in [6.07, 6.45) is 0.234. The molecule has 0 bridgehead atoms. The molecule has 0 atom stereocenters. The van der Waals surface area contributed by atoms with E-state index in [9.17, 15) is 9.59 Å². The first-order chi connectivity index (χ1) is 9.54. The summed E-state index contributed by atoms with van der Waals surface area (Å²) < 4.78 is 4.81. The second-order valence-corrected chi connectivity index (χ2v) is 4.13. The van der Waals surface area contributed by atoms with Crippen molar-refractivity contribution < 1.29 is 19.4 Å². The van der Waals surface area contributed by atoms with E-state index < -0.39 is 5.97 Å². The highest BCUT2D eigenvalue weighted by Gasteiger charge is 2.10. The molecule has 0 aliphatic heterocycles. The minimum absolute atomic E-state index is 0.124. The Hall–Kier alpha value is -2.28. The molecule has 20 heavy (non-hydrogen) atoms. The smallest absolute Gasteiger partial charge is 0.337 e. The van der Waals surface area contributed by atoms with Crippen molar-refractivity contribution in [3.05, 3.63) is 23.8 Å². The van der Waals surface area contributed by atoms with E-state index in [1.165, 1.54) is 18.2 Å². The Kier molecular flexibility index (Phi) is 6.31. The van der Waals surface area contributed by atoms with Crippen molar-refractivity contribution in [3.8, 4) is 0 Å². The van der Waals surface area contributed by atoms with E-state index in [1.54, 1.807) is 7.11 Å². The predicted molar refractivity (Wildman–Crippen MR) is 75.8 cm³/mol. The van der Waals surface area contributed by atoms with Gasteiger partial charge in [-0.15, -0.1) is 0 Å². The fourth-order valence-electron chi connectivity index (χ4n) is 1.59. The number of benzene rings is 1. The van der Waals surface area contributed by atoms with Crippen LogP contribution in [-0.2, 0) is 9.53 Å². The molecule has 0 saturated carbocycles. The number of hydrogen-bond donors (Lipinski definition) is 4. The van der Waals surface area contributed by atoms with Crippen LogP contribution in [0, 0.1) is 0 Å². The molecule has 0 saturated heterocycles. The highest BCUT2D eigenvalue weighted by atomic mass is 16.5. The number of carboxylic acid groups (broad SMARTS) is 1. The molecule has 1 aromatic rings. The van der Waals surface area contributed by atoms with E-state index in [0.29, 0.717) is 31.1 Å². The summed E-state index contributed by atoms with van der Waals surface area (Å²) in [6.45, 7) is 1.23. The van der Waals surface area contributed by atoms with Crippen LogP contribution in [0.25, 0.3) is 0 Å². The molecule has 0 spiro atoms. The van der Waals surface area contributed by atoms with Crippen molar-refractivity contribution in [2.24, 2.45) is 0 Å². The first kappa shape index (κ1) is 15.8. The summed E-state index contributed by atoms with van der Waals surface area (Å²) in [5, 5.41) is 14.6. The highest BCUT2D eigenvalue weighted by Crippen LogP contribution is 2.19. The maximum Gasteiger partial charge on any atom is 0.337 e. The largest absolute Gasteiger partial charge is 0.478 e. The van der Waals surface area contributed by atoms with Gasteiger partial charge >= 0.3 is 5.97 Å². The van der Waals surface area contributed by atoms with Crippen LogP contribution in [0.4, 0.5) is 11.4 Å². The molecule has 7 heteroatoms. The molecular formula is C13H19N3O4. The molecule has 110 valence electrons. The molecule has 0 fully saturated rings. The molecular weight excluding hydrogens is 262 g/mol. The molecule has 0 unspecified atom stereocenters. The first-order valence-electron chi connectivity index (χ1n) is 6.17. The second-order valence-electron chi connectivity index (χ2n) is 4.13. The number of ether oxygens (including phenoxy) is 1. The zero-order chi connectivity index (χ0) is 15.0. The van der Waals surface area contributed by atoms with Gasteiger partial charge in [0.2, 0.25) is 5.91 Å². The molecule has 0 aliphatic carbocycles. The van der Waals surface area contributed by atoms with E-state index in [-0.39, 0.29) is 17.9 Å². The molecule has 1 rings (SSSR count). The van der Waals surface area contributed by atoms with Gasteiger partial charge in [-0.05, 0) is 18.2 Å². The molecule has 7 nitrogen and oxygen atoms in total. The molecule has 0 aromatic heterocycles. The van der Waals surface area contributed by atoms with Crippen molar-refractivity contribution in [3.63, 3.8) is 0 Å². The van der Waals surface area contributed by atoms with Crippen molar-refractivity contribution in [2.45, 2.75) is 6.42 Å². The van der Waals surface area contributed by atoms with E-state index in [1.807, 2.05) is 0 Å². The molecule has 1 aromatic carbocycles. The average molecular weight is 281 g/mol. The Bertz CT molecular complexity index is 477. The summed E-state index contributed by atoms with van der Waals surface area (Å²) >= 11 is 0. The number of nitrogens with one attached hydrogen (secondary N) is 2. The third-order valence-electron chi connectivity index (χ3n) is 2.57. The molecule has 5 N–H and O–H groups in total. The number of methoxy groups -OCH3 is 1. The minimum Gasteiger partial charge on any atom is -0.478 e. The lowest BCUT2D eigenvalue weighted by atomic mass is 10.1. The SMILES string of the molecule is COCCNC(=O)CCNc1cc(N)ccc1C(=O)O. The number of nitrogens with two attached hydrogens (primary N) is 1. The van der Waals surface area contributed by atoms with E-state index in [2.05, 4.69) is 10.6 Å². The van der Waals surface area contributed by atoms with Crippen LogP contribution < -0.4 is 16.4 Å². The van der Waals surface area contributed by atoms with Crippen molar-refractivity contribution in [1.29, 1.82) is 0 Å². The third kappa shape index (κ3) is 5.15. The van der Waals surface area contributed by atoms with Gasteiger partial charge in [-0.1, -0.05) is 0 Å². The summed E-state index contributed by atoms with van der Waals surface area (Å²) in [5.74, 6) is -1.17. The first-order valence-corrected chi connectivity index (χ1v) is 6.17. The lowest BCUT2D eigenvalue weighted by molar-refractivity contribution is -0.121. The minimum atomic E-state index is -1.04. The second kappa shape index (κ2) is 8.00. The topological polar surface area (TPSA) is 114 Å². The predicted octanol–water partition coefficient (Wildman–Crippen LogP) is 0.532. The van der Waals surface area contributed by atoms with Gasteiger partial charge in [-0.3, -0.25) is 4.79 Å². The van der Waals surface area contributed by atoms with Crippen LogP contribution in [0.3, 0.4) is 0 Å². The Morgan fingerprint density at radius 2 is 2.10 bits per heavy atom. The van der Waals surface area contributed by atoms with Crippen LogP contribution in [0.5, 0.6) is 0 Å². The van der Waals surface area contributed by atoms with Gasteiger partial charge in [0.25, 0.3) is 0 Å². The van der Waals surface area contributed by atoms with Crippen LogP contribution in [-0.4, -0.2) is 43.8 Å². The zero-order valence-corrected chi connectivity index (χ0v) is 11.3. The van der Waals surface area contributed by atoms with Gasteiger partial charge in [0, 0.05) is 32.3 Å². The van der Waals surface area contributed by atoms with Crippen LogP contribution in [0.1, 0.15) is 16.8 Å². The Balaban J connectivity index is 2.47. The van der Waals surface area contributed by atoms with Crippen LogP contribution >= 0.6 is 0 Å². The fraction of sp³-hybridized carbons (Fsp3) is 0.385. The number of amides is 1. The van der Waals surface area contributed by atoms with E-state index in [0.717, 1.165) is 0 Å². The number of hydrogen-bond acceptors (Lipinski definition) is 5. The lowest BCUT2D eigenvalue weighted by Crippen LogP contribution is -2.28. The third-order valence-corrected chi connectivity index (χ3v) is 2.57. The number of aromatic carboxylic acids is 1. The average Bonchev–Trinajstić information content (AvgIpc) is 2.38. The van der Waals surface area contributed by atoms with Gasteiger partial charge < -0.3 is 26.2 Å². The van der Waals surface area contributed by atoms with Gasteiger partial charge in [-0.2, -0.15) is 0 Å². The maximum absolute atomic E-state index is 11.4. The molecule has 0 aliphatic rings. The standard InChI is InChI=1S/C13H19N3O4/c1-20-7-6-16-12(17)4-5-15-11-8-9(14)2-3-10(11)13(18)19/h2-3,8,15H,4-7,14H2,1H3,(H,16,17)(H,18,19). The van der Waals surface area contributed by atoms with Crippen molar-refractivity contribution in [2.75, 3.05) is 37.9 Å². The number of carboxylic acids is 1. The maximum atomic E-state index is 11.4. The quantitative estimate of drug-likeness (QED) is 0.408. The van der Waals surface area contributed by atoms with Crippen LogP contribution in [0.15, 0.2) is 18.2 Å². The van der Waals surface area contributed by atoms with E-state index >= 15 is 0 Å². The zero-order valence-electron chi connectivity index (χ0n) is 11.3. The summed E-state index contributed by atoms with van der Waals surface area (Å²) in [4.78, 5) is 22.5.